The molecule has 2 aromatic rings. The van der Waals surface area contributed by atoms with Crippen molar-refractivity contribution in [3.8, 4) is 0 Å². The Labute approximate surface area is 197 Å². The highest BCUT2D eigenvalue weighted by molar-refractivity contribution is 14.0. The van der Waals surface area contributed by atoms with E-state index in [1.165, 1.54) is 28.4 Å². The number of hydrogen-bond acceptors (Lipinski definition) is 2. The van der Waals surface area contributed by atoms with Gasteiger partial charge in [-0.25, -0.2) is 0 Å². The summed E-state index contributed by atoms with van der Waals surface area (Å²) in [5, 5.41) is 9.86. The average Bonchev–Trinajstić information content (AvgIpc) is 3.49. The number of halogens is 2. The summed E-state index contributed by atoms with van der Waals surface area (Å²) in [7, 11) is 1.79. The second-order valence-electron chi connectivity index (χ2n) is 7.60. The van der Waals surface area contributed by atoms with Crippen LogP contribution in [0.5, 0.6) is 0 Å². The van der Waals surface area contributed by atoms with Crippen molar-refractivity contribution in [1.82, 2.24) is 10.6 Å². The van der Waals surface area contributed by atoms with Gasteiger partial charge in [0.15, 0.2) is 5.96 Å². The van der Waals surface area contributed by atoms with E-state index < -0.39 is 0 Å². The zero-order chi connectivity index (χ0) is 19.6. The van der Waals surface area contributed by atoms with Crippen LogP contribution in [0.4, 0.5) is 5.69 Å². The molecule has 0 spiro atoms. The number of para-hydroxylation sites is 1. The molecule has 0 aromatic heterocycles. The number of aliphatic imine (C=N–C) groups is 1. The first-order valence-corrected chi connectivity index (χ1v) is 10.5. The van der Waals surface area contributed by atoms with Crippen LogP contribution in [0.3, 0.4) is 0 Å². The van der Waals surface area contributed by atoms with Crippen molar-refractivity contribution < 1.29 is 4.79 Å². The average molecular weight is 569 g/mol. The van der Waals surface area contributed by atoms with Crippen LogP contribution in [0.1, 0.15) is 36.3 Å². The molecule has 29 heavy (non-hydrogen) atoms. The standard InChI is InChI=1S/C22H25BrN4O.HI/c1-24-21(26-14-22(10-11-22)17-7-3-4-8-18(17)23)25-13-15-12-20(28)27-19-9-5-2-6-16(15)19;/h2-9,15H,10-14H2,1H3,(H,27,28)(H2,24,25,26);1H. The van der Waals surface area contributed by atoms with E-state index in [0.717, 1.165) is 18.2 Å². The molecule has 0 radical (unpaired) electrons. The molecule has 5 nitrogen and oxygen atoms in total. The lowest BCUT2D eigenvalue weighted by molar-refractivity contribution is -0.116. The quantitative estimate of drug-likeness (QED) is 0.285. The van der Waals surface area contributed by atoms with E-state index in [1.54, 1.807) is 7.05 Å². The Morgan fingerprint density at radius 1 is 1.17 bits per heavy atom. The fourth-order valence-corrected chi connectivity index (χ4v) is 4.67. The van der Waals surface area contributed by atoms with E-state index in [1.807, 2.05) is 18.2 Å². The van der Waals surface area contributed by atoms with E-state index >= 15 is 0 Å². The molecule has 1 unspecified atom stereocenters. The van der Waals surface area contributed by atoms with Gasteiger partial charge in [-0.05, 0) is 36.1 Å². The van der Waals surface area contributed by atoms with Crippen LogP contribution < -0.4 is 16.0 Å². The zero-order valence-electron chi connectivity index (χ0n) is 16.4. The second kappa shape index (κ2) is 9.47. The largest absolute Gasteiger partial charge is 0.356 e. The van der Waals surface area contributed by atoms with Gasteiger partial charge < -0.3 is 16.0 Å². The van der Waals surface area contributed by atoms with E-state index in [0.29, 0.717) is 13.0 Å². The van der Waals surface area contributed by atoms with E-state index in [4.69, 9.17) is 0 Å². The Morgan fingerprint density at radius 2 is 1.90 bits per heavy atom. The van der Waals surface area contributed by atoms with Crippen molar-refractivity contribution in [2.45, 2.75) is 30.6 Å². The minimum absolute atomic E-state index is 0. The van der Waals surface area contributed by atoms with Crippen molar-refractivity contribution >= 4 is 57.5 Å². The molecular weight excluding hydrogens is 543 g/mol. The van der Waals surface area contributed by atoms with Gasteiger partial charge in [-0.2, -0.15) is 0 Å². The molecule has 0 bridgehead atoms. The number of nitrogens with zero attached hydrogens (tertiary/aromatic N) is 1. The van der Waals surface area contributed by atoms with Crippen LogP contribution in [-0.2, 0) is 10.2 Å². The fourth-order valence-electron chi connectivity index (χ4n) is 3.96. The van der Waals surface area contributed by atoms with Crippen LogP contribution in [-0.4, -0.2) is 32.0 Å². The molecule has 1 aliphatic heterocycles. The molecule has 1 saturated carbocycles. The SMILES string of the molecule is CN=C(NCC1CC(=O)Nc2ccccc21)NCC1(c2ccccc2Br)CC1.I. The third kappa shape index (κ3) is 4.94. The third-order valence-corrected chi connectivity index (χ3v) is 6.43. The molecular formula is C22H26BrIN4O. The number of benzene rings is 2. The van der Waals surface area contributed by atoms with Gasteiger partial charge in [-0.15, -0.1) is 24.0 Å². The fraction of sp³-hybridized carbons (Fsp3) is 0.364. The van der Waals surface area contributed by atoms with Crippen molar-refractivity contribution in [3.05, 3.63) is 64.1 Å². The van der Waals surface area contributed by atoms with Crippen LogP contribution in [0, 0.1) is 0 Å². The Balaban J connectivity index is 0.00000240. The van der Waals surface area contributed by atoms with Gasteiger partial charge in [0.1, 0.15) is 0 Å². The molecule has 7 heteroatoms. The highest BCUT2D eigenvalue weighted by Crippen LogP contribution is 2.49. The minimum Gasteiger partial charge on any atom is -0.356 e. The number of fused-ring (bicyclic) bond motifs is 1. The highest BCUT2D eigenvalue weighted by atomic mass is 127. The van der Waals surface area contributed by atoms with Gasteiger partial charge in [-0.1, -0.05) is 52.3 Å². The number of rotatable bonds is 5. The Morgan fingerprint density at radius 3 is 2.62 bits per heavy atom. The van der Waals surface area contributed by atoms with Gasteiger partial charge in [0.25, 0.3) is 0 Å². The van der Waals surface area contributed by atoms with Gasteiger partial charge in [0.05, 0.1) is 0 Å². The predicted molar refractivity (Wildman–Crippen MR) is 132 cm³/mol. The molecule has 4 rings (SSSR count). The Kier molecular flexibility index (Phi) is 7.21. The van der Waals surface area contributed by atoms with Crippen molar-refractivity contribution in [2.75, 3.05) is 25.5 Å². The van der Waals surface area contributed by atoms with E-state index in [-0.39, 0.29) is 41.2 Å². The summed E-state index contributed by atoms with van der Waals surface area (Å²) in [6.07, 6.45) is 2.84. The van der Waals surface area contributed by atoms with E-state index in [9.17, 15) is 4.79 Å². The monoisotopic (exact) mass is 568 g/mol. The molecule has 1 fully saturated rings. The van der Waals surface area contributed by atoms with Gasteiger partial charge in [0, 0.05) is 48.1 Å². The lowest BCUT2D eigenvalue weighted by atomic mass is 9.90. The Bertz CT molecular complexity index is 913. The van der Waals surface area contributed by atoms with Crippen LogP contribution >= 0.6 is 39.9 Å². The summed E-state index contributed by atoms with van der Waals surface area (Å²) in [5.74, 6) is 0.989. The molecule has 154 valence electrons. The normalized spacial score (nSPS) is 19.4. The molecule has 1 amide bonds. The zero-order valence-corrected chi connectivity index (χ0v) is 20.3. The van der Waals surface area contributed by atoms with Crippen molar-refractivity contribution in [1.29, 1.82) is 0 Å². The number of carbonyl (C=O) groups is 1. The number of hydrogen-bond donors (Lipinski definition) is 3. The number of nitrogens with one attached hydrogen (secondary N) is 3. The molecule has 2 aromatic carbocycles. The number of carbonyl (C=O) groups excluding carboxylic acids is 1. The summed E-state index contributed by atoms with van der Waals surface area (Å²) < 4.78 is 1.17. The summed E-state index contributed by atoms with van der Waals surface area (Å²) in [5.41, 5.74) is 3.63. The van der Waals surface area contributed by atoms with Gasteiger partial charge >= 0.3 is 0 Å². The predicted octanol–water partition coefficient (Wildman–Crippen LogP) is 4.39. The lowest BCUT2D eigenvalue weighted by Gasteiger charge is -2.27. The molecule has 1 aliphatic carbocycles. The maximum absolute atomic E-state index is 12.0. The van der Waals surface area contributed by atoms with Crippen LogP contribution in [0.15, 0.2) is 58.0 Å². The summed E-state index contributed by atoms with van der Waals surface area (Å²) in [6, 6.07) is 16.5. The van der Waals surface area contributed by atoms with Gasteiger partial charge in [0.2, 0.25) is 5.91 Å². The number of amides is 1. The first kappa shape index (κ1) is 22.1. The summed E-state index contributed by atoms with van der Waals surface area (Å²) in [4.78, 5) is 16.4. The molecule has 0 saturated heterocycles. The molecule has 1 atom stereocenters. The topological polar surface area (TPSA) is 65.5 Å². The molecule has 3 N–H and O–H groups in total. The van der Waals surface area contributed by atoms with Crippen LogP contribution in [0.2, 0.25) is 0 Å². The van der Waals surface area contributed by atoms with Crippen molar-refractivity contribution in [2.24, 2.45) is 4.99 Å². The summed E-state index contributed by atoms with van der Waals surface area (Å²) >= 11 is 3.69. The van der Waals surface area contributed by atoms with E-state index in [2.05, 4.69) is 67.2 Å². The number of anilines is 1. The second-order valence-corrected chi connectivity index (χ2v) is 8.46. The molecule has 2 aliphatic rings. The van der Waals surface area contributed by atoms with Gasteiger partial charge in [-0.3, -0.25) is 9.79 Å². The minimum atomic E-state index is 0. The summed E-state index contributed by atoms with van der Waals surface area (Å²) in [6.45, 7) is 1.52. The highest BCUT2D eigenvalue weighted by Gasteiger charge is 2.45. The Hall–Kier alpha value is -1.61. The lowest BCUT2D eigenvalue weighted by Crippen LogP contribution is -2.43. The third-order valence-electron chi connectivity index (χ3n) is 5.74. The van der Waals surface area contributed by atoms with Crippen molar-refractivity contribution in [3.63, 3.8) is 0 Å². The maximum atomic E-state index is 12.0. The first-order valence-electron chi connectivity index (χ1n) is 9.70. The molecule has 1 heterocycles. The smallest absolute Gasteiger partial charge is 0.225 e. The van der Waals surface area contributed by atoms with Crippen LogP contribution in [0.25, 0.3) is 0 Å². The number of guanidine groups is 1. The maximum Gasteiger partial charge on any atom is 0.225 e. The first-order chi connectivity index (χ1) is 13.6.